The van der Waals surface area contributed by atoms with Crippen LogP contribution in [0, 0.1) is 11.7 Å². The van der Waals surface area contributed by atoms with Crippen molar-refractivity contribution in [1.29, 1.82) is 0 Å². The van der Waals surface area contributed by atoms with Gasteiger partial charge in [0.15, 0.2) is 5.92 Å². The third-order valence-electron chi connectivity index (χ3n) is 3.62. The van der Waals surface area contributed by atoms with Crippen LogP contribution >= 0.6 is 0 Å². The van der Waals surface area contributed by atoms with Crippen molar-refractivity contribution in [3.05, 3.63) is 59.9 Å². The van der Waals surface area contributed by atoms with Gasteiger partial charge in [0.2, 0.25) is 0 Å². The van der Waals surface area contributed by atoms with Gasteiger partial charge in [-0.25, -0.2) is 4.39 Å². The zero-order valence-electron chi connectivity index (χ0n) is 14.5. The molecule has 0 aliphatic heterocycles. The monoisotopic (exact) mass is 361 g/mol. The largest absolute Gasteiger partial charge is 0.457 e. The van der Waals surface area contributed by atoms with Crippen molar-refractivity contribution in [3.63, 3.8) is 0 Å². The van der Waals surface area contributed by atoms with Crippen molar-refractivity contribution in [2.24, 2.45) is 11.7 Å². The Balaban J connectivity index is 1.95. The minimum atomic E-state index is -1.05. The van der Waals surface area contributed by atoms with E-state index in [4.69, 9.17) is 15.2 Å². The molecule has 0 heterocycles. The van der Waals surface area contributed by atoms with Gasteiger partial charge in [0, 0.05) is 0 Å². The standard InChI is InChI=1S/C19H20FNO5/c1-12(18(22)24-11-21)19(23)25-13(2)14-3-7-16(8-4-14)26-17-9-5-15(20)6-10-17/h3-10,12-13H,11,21H2,1-2H3. The second-order valence-electron chi connectivity index (χ2n) is 5.56. The summed E-state index contributed by atoms with van der Waals surface area (Å²) in [7, 11) is 0. The van der Waals surface area contributed by atoms with Crippen LogP contribution in [0.15, 0.2) is 48.5 Å². The van der Waals surface area contributed by atoms with Crippen LogP contribution in [0.25, 0.3) is 0 Å². The predicted octanol–water partition coefficient (Wildman–Crippen LogP) is 3.32. The minimum absolute atomic E-state index is 0.290. The lowest BCUT2D eigenvalue weighted by molar-refractivity contribution is -0.164. The lowest BCUT2D eigenvalue weighted by Crippen LogP contribution is -2.27. The first kappa shape index (κ1) is 19.4. The number of ether oxygens (including phenoxy) is 3. The molecule has 7 heteroatoms. The second kappa shape index (κ2) is 8.96. The van der Waals surface area contributed by atoms with Crippen LogP contribution in [0.3, 0.4) is 0 Å². The van der Waals surface area contributed by atoms with Crippen molar-refractivity contribution in [3.8, 4) is 11.5 Å². The molecule has 6 nitrogen and oxygen atoms in total. The number of halogens is 1. The highest BCUT2D eigenvalue weighted by molar-refractivity contribution is 5.94. The molecular weight excluding hydrogens is 341 g/mol. The number of benzene rings is 2. The molecule has 26 heavy (non-hydrogen) atoms. The summed E-state index contributed by atoms with van der Waals surface area (Å²) in [5, 5.41) is 0. The van der Waals surface area contributed by atoms with E-state index in [0.29, 0.717) is 11.5 Å². The van der Waals surface area contributed by atoms with Gasteiger partial charge in [-0.2, -0.15) is 0 Å². The van der Waals surface area contributed by atoms with Gasteiger partial charge >= 0.3 is 11.9 Å². The van der Waals surface area contributed by atoms with E-state index in [1.807, 2.05) is 0 Å². The van der Waals surface area contributed by atoms with E-state index in [1.165, 1.54) is 31.2 Å². The van der Waals surface area contributed by atoms with Gasteiger partial charge in [0.25, 0.3) is 0 Å². The third kappa shape index (κ3) is 5.29. The number of carbonyl (C=O) groups excluding carboxylic acids is 2. The van der Waals surface area contributed by atoms with E-state index in [0.717, 1.165) is 5.56 Å². The summed E-state index contributed by atoms with van der Waals surface area (Å²) in [4.78, 5) is 23.5. The van der Waals surface area contributed by atoms with Crippen LogP contribution in [-0.2, 0) is 19.1 Å². The van der Waals surface area contributed by atoms with Crippen molar-refractivity contribution >= 4 is 11.9 Å². The number of hydrogen-bond acceptors (Lipinski definition) is 6. The first-order chi connectivity index (χ1) is 12.4. The fraction of sp³-hybridized carbons (Fsp3) is 0.263. The molecule has 2 aromatic rings. The number of carbonyl (C=O) groups is 2. The van der Waals surface area contributed by atoms with E-state index >= 15 is 0 Å². The van der Waals surface area contributed by atoms with E-state index in [-0.39, 0.29) is 12.5 Å². The highest BCUT2D eigenvalue weighted by Crippen LogP contribution is 2.25. The third-order valence-corrected chi connectivity index (χ3v) is 3.62. The van der Waals surface area contributed by atoms with Gasteiger partial charge in [0.05, 0.1) is 0 Å². The van der Waals surface area contributed by atoms with Crippen LogP contribution in [0.4, 0.5) is 4.39 Å². The minimum Gasteiger partial charge on any atom is -0.457 e. The molecule has 0 bridgehead atoms. The van der Waals surface area contributed by atoms with Crippen molar-refractivity contribution in [2.75, 3.05) is 6.73 Å². The van der Waals surface area contributed by atoms with Crippen LogP contribution in [0.2, 0.25) is 0 Å². The van der Waals surface area contributed by atoms with E-state index in [1.54, 1.807) is 31.2 Å². The Hall–Kier alpha value is -2.93. The molecule has 0 saturated carbocycles. The second-order valence-corrected chi connectivity index (χ2v) is 5.56. The normalized spacial score (nSPS) is 12.8. The fourth-order valence-electron chi connectivity index (χ4n) is 2.09. The molecule has 2 N–H and O–H groups in total. The molecule has 2 atom stereocenters. The van der Waals surface area contributed by atoms with Crippen LogP contribution in [0.1, 0.15) is 25.5 Å². The summed E-state index contributed by atoms with van der Waals surface area (Å²) in [6.45, 7) is 2.79. The maximum atomic E-state index is 12.9. The Morgan fingerprint density at radius 3 is 2.04 bits per heavy atom. The molecule has 0 aliphatic rings. The summed E-state index contributed by atoms with van der Waals surface area (Å²) >= 11 is 0. The Morgan fingerprint density at radius 2 is 1.50 bits per heavy atom. The Morgan fingerprint density at radius 1 is 0.962 bits per heavy atom. The zero-order valence-corrected chi connectivity index (χ0v) is 14.5. The van der Waals surface area contributed by atoms with Gasteiger partial charge in [-0.05, 0) is 55.8 Å². The molecule has 2 unspecified atom stereocenters. The van der Waals surface area contributed by atoms with Crippen molar-refractivity contribution in [1.82, 2.24) is 0 Å². The number of hydrogen-bond donors (Lipinski definition) is 1. The van der Waals surface area contributed by atoms with Gasteiger partial charge in [-0.15, -0.1) is 0 Å². The molecule has 0 amide bonds. The molecule has 0 saturated heterocycles. The Kier molecular flexibility index (Phi) is 6.68. The summed E-state index contributed by atoms with van der Waals surface area (Å²) in [6.07, 6.45) is -0.560. The van der Waals surface area contributed by atoms with E-state index in [2.05, 4.69) is 4.74 Å². The van der Waals surface area contributed by atoms with Gasteiger partial charge in [-0.3, -0.25) is 15.3 Å². The summed E-state index contributed by atoms with van der Waals surface area (Å²) in [5.74, 6) is -1.75. The number of esters is 2. The van der Waals surface area contributed by atoms with Crippen molar-refractivity contribution in [2.45, 2.75) is 20.0 Å². The number of rotatable bonds is 7. The highest BCUT2D eigenvalue weighted by atomic mass is 19.1. The first-order valence-corrected chi connectivity index (χ1v) is 8.01. The zero-order chi connectivity index (χ0) is 19.1. The van der Waals surface area contributed by atoms with E-state index in [9.17, 15) is 14.0 Å². The lowest BCUT2D eigenvalue weighted by atomic mass is 10.1. The molecule has 0 spiro atoms. The summed E-state index contributed by atoms with van der Waals surface area (Å²) in [5.41, 5.74) is 5.84. The van der Waals surface area contributed by atoms with Gasteiger partial charge in [0.1, 0.15) is 30.2 Å². The molecule has 0 aliphatic carbocycles. The Labute approximate surface area is 150 Å². The first-order valence-electron chi connectivity index (χ1n) is 8.01. The fourth-order valence-corrected chi connectivity index (χ4v) is 2.09. The van der Waals surface area contributed by atoms with E-state index < -0.39 is 24.0 Å². The number of nitrogens with two attached hydrogens (primary N) is 1. The quantitative estimate of drug-likeness (QED) is 0.462. The lowest BCUT2D eigenvalue weighted by Gasteiger charge is -2.16. The maximum absolute atomic E-state index is 12.9. The highest BCUT2D eigenvalue weighted by Gasteiger charge is 2.26. The molecule has 0 aromatic heterocycles. The Bertz CT molecular complexity index is 746. The smallest absolute Gasteiger partial charge is 0.321 e. The molecule has 2 rings (SSSR count). The van der Waals surface area contributed by atoms with Gasteiger partial charge in [-0.1, -0.05) is 12.1 Å². The molecule has 2 aromatic carbocycles. The summed E-state index contributed by atoms with van der Waals surface area (Å²) < 4.78 is 28.4. The maximum Gasteiger partial charge on any atom is 0.321 e. The predicted molar refractivity (Wildman–Crippen MR) is 91.7 cm³/mol. The molecule has 0 fully saturated rings. The molecule has 138 valence electrons. The van der Waals surface area contributed by atoms with Crippen molar-refractivity contribution < 1.29 is 28.2 Å². The molecular formula is C19H20FNO5. The topological polar surface area (TPSA) is 87.9 Å². The molecule has 0 radical (unpaired) electrons. The summed E-state index contributed by atoms with van der Waals surface area (Å²) in [6, 6.07) is 12.5. The van der Waals surface area contributed by atoms with Crippen LogP contribution < -0.4 is 10.5 Å². The SMILES string of the molecule is CC(C(=O)OCN)C(=O)OC(C)c1ccc(Oc2ccc(F)cc2)cc1. The van der Waals surface area contributed by atoms with Gasteiger partial charge < -0.3 is 14.2 Å². The average Bonchev–Trinajstić information content (AvgIpc) is 2.63. The van der Waals surface area contributed by atoms with Crippen LogP contribution in [-0.4, -0.2) is 18.7 Å². The average molecular weight is 361 g/mol. The van der Waals surface area contributed by atoms with Crippen LogP contribution in [0.5, 0.6) is 11.5 Å².